The predicted octanol–water partition coefficient (Wildman–Crippen LogP) is 4.03. The first-order chi connectivity index (χ1) is 46.3. The van der Waals surface area contributed by atoms with Gasteiger partial charge in [0.2, 0.25) is 5.78 Å². The van der Waals surface area contributed by atoms with E-state index < -0.39 is 166 Å². The number of benzene rings is 4. The fraction of sp³-hybridized carbons (Fsp3) is 0.534. The van der Waals surface area contributed by atoms with Gasteiger partial charge in [0.05, 0.1) is 74.5 Å². The highest BCUT2D eigenvalue weighted by atomic mass is 16.7. The number of carbonyl (C=O) groups excluding carboxylic acids is 6. The molecule has 9 unspecified atom stereocenters. The first-order valence-corrected chi connectivity index (χ1v) is 33.7. The molecule has 5 aromatic rings. The summed E-state index contributed by atoms with van der Waals surface area (Å²) < 4.78 is 37.3. The van der Waals surface area contributed by atoms with E-state index in [4.69, 9.17) is 28.4 Å². The van der Waals surface area contributed by atoms with E-state index in [0.717, 1.165) is 22.0 Å². The maximum Gasteiger partial charge on any atom is 0.322 e. The summed E-state index contributed by atoms with van der Waals surface area (Å²) in [4.78, 5) is 98.4. The lowest BCUT2D eigenvalue weighted by molar-refractivity contribution is -0.250. The van der Waals surface area contributed by atoms with Crippen LogP contribution in [-0.4, -0.2) is 219 Å². The third kappa shape index (κ3) is 9.51. The molecular weight excluding hydrogens is 1250 g/mol. The number of fused-ring (bicyclic) bond motifs is 9. The van der Waals surface area contributed by atoms with E-state index >= 15 is 9.59 Å². The third-order valence-electron chi connectivity index (χ3n) is 23.8. The van der Waals surface area contributed by atoms with Crippen LogP contribution >= 0.6 is 0 Å². The van der Waals surface area contributed by atoms with Crippen LogP contribution in [0.2, 0.25) is 0 Å². The number of aromatic amines is 1. The summed E-state index contributed by atoms with van der Waals surface area (Å²) in [5, 5.41) is 89.5. The Morgan fingerprint density at radius 1 is 0.845 bits per heavy atom. The Labute approximate surface area is 560 Å². The Balaban J connectivity index is 0.856. The number of hydrogen-bond acceptors (Lipinski definition) is 23. The van der Waals surface area contributed by atoms with Crippen molar-refractivity contribution >= 4 is 51.7 Å². The van der Waals surface area contributed by atoms with E-state index in [-0.39, 0.29) is 53.2 Å². The summed E-state index contributed by atoms with van der Waals surface area (Å²) >= 11 is 0. The lowest BCUT2D eigenvalue weighted by Gasteiger charge is -2.64. The number of methoxy groups -OCH3 is 3. The van der Waals surface area contributed by atoms with Crippen LogP contribution in [0.15, 0.2) is 66.7 Å². The molecule has 6 aliphatic heterocycles. The number of Topliss-reactive ketones (excluding diaryl/α,β-unsaturated/α-hetero) is 2. The Hall–Kier alpha value is -7.62. The Bertz CT molecular complexity index is 4170. The summed E-state index contributed by atoms with van der Waals surface area (Å²) in [6.45, 7) is 7.62. The van der Waals surface area contributed by atoms with Crippen molar-refractivity contribution in [1.82, 2.24) is 20.1 Å². The van der Waals surface area contributed by atoms with E-state index in [9.17, 15) is 54.9 Å². The van der Waals surface area contributed by atoms with Gasteiger partial charge in [-0.3, -0.25) is 38.6 Å². The number of piperidine rings is 1. The average molecular weight is 1340 g/mol. The molecule has 0 amide bonds. The van der Waals surface area contributed by atoms with Crippen molar-refractivity contribution in [3.05, 3.63) is 123 Å². The van der Waals surface area contributed by atoms with Gasteiger partial charge < -0.3 is 79.4 Å². The summed E-state index contributed by atoms with van der Waals surface area (Å²) in [6.07, 6.45) is -2.30. The van der Waals surface area contributed by atoms with Gasteiger partial charge in [-0.05, 0) is 87.2 Å². The van der Waals surface area contributed by atoms with Crippen molar-refractivity contribution in [2.75, 3.05) is 79.2 Å². The van der Waals surface area contributed by atoms with E-state index in [2.05, 4.69) is 20.1 Å². The van der Waals surface area contributed by atoms with Crippen molar-refractivity contribution in [2.24, 2.45) is 11.3 Å². The monoisotopic (exact) mass is 1340 g/mol. The molecule has 3 saturated heterocycles. The first-order valence-electron chi connectivity index (χ1n) is 33.7. The fourth-order valence-corrected chi connectivity index (χ4v) is 19.7. The number of nitrogens with zero attached hydrogens (tertiary/aromatic N) is 3. The SMILES string of the molecule is CC[C@]1(O)CC2CN(CCc3c([nH]c4ccccc34)[C@@](C(=O)OC)(c3cc4c(cc3OC)N(C)C3C45CCN4CC=C[C@](CC)(C45)[C@@H](OC(C)=O)[C@]3(O)C(=O)CNC3CC(O[C@H]4C[C@](O)(C(=O)CO)Cc5c(O)c6c(c(O)c54)C(=O)c4c(OC)cccc4C6=O)OC(C)C3O)C2)C1. The standard InChI is InChI=1S/C73H85N5O19/c1-9-68(89)28-38-29-72(67(88)94-8,63-40(19-23-77(33-38)35-68)39-15-11-12-17-45(39)75-63)44-25-43-47(27-49(44)93-7)76(5)65-71(43)21-24-78-22-14-20-69(10-2,64(71)78)66(96-37(4)80)73(65,91)51(81)32-74-46-26-53(95-36(3)58(46)83)97-50-31-70(90,52(82)34-79)30-42-55(50)62(87)57-56(60(42)85)59(84)41-16-13-18-48(92-6)54(41)61(57)86/h11-18,20,25,27,36,38,46,50,53,58,64-66,74-75,79,83,85,87,89-91H,9-10,19,21-24,26,28-35H2,1-8H3/t36?,38?,46?,50-,53?,58?,64?,65?,66+,68-,69+,70-,71?,72-,73-/m0/s1. The van der Waals surface area contributed by atoms with Gasteiger partial charge in [0.15, 0.2) is 35.3 Å². The van der Waals surface area contributed by atoms with Crippen LogP contribution in [0.1, 0.15) is 144 Å². The second-order valence-corrected chi connectivity index (χ2v) is 28.6. The number of phenolic OH excluding ortho intramolecular Hbond substituents is 2. The zero-order chi connectivity index (χ0) is 69.0. The van der Waals surface area contributed by atoms with E-state index in [1.807, 2.05) is 67.3 Å². The molecule has 14 rings (SSSR count). The normalized spacial score (nSPS) is 34.6. The first kappa shape index (κ1) is 66.6. The van der Waals surface area contributed by atoms with Gasteiger partial charge in [-0.1, -0.05) is 56.3 Å². The number of aliphatic hydroxyl groups is 5. The maximum absolute atomic E-state index is 16.3. The molecule has 2 bridgehead atoms. The Morgan fingerprint density at radius 2 is 1.60 bits per heavy atom. The number of esters is 2. The minimum atomic E-state index is -2.57. The zero-order valence-electron chi connectivity index (χ0n) is 55.7. The highest BCUT2D eigenvalue weighted by Crippen LogP contribution is 2.69. The number of carbonyl (C=O) groups is 6. The quantitative estimate of drug-likeness (QED) is 0.0398. The van der Waals surface area contributed by atoms with Crippen LogP contribution in [0.25, 0.3) is 10.9 Å². The van der Waals surface area contributed by atoms with Crippen molar-refractivity contribution in [3.8, 4) is 23.0 Å². The van der Waals surface area contributed by atoms with Crippen LogP contribution < -0.4 is 19.7 Å². The molecule has 3 aliphatic carbocycles. The van der Waals surface area contributed by atoms with Gasteiger partial charge in [0.25, 0.3) is 0 Å². The van der Waals surface area contributed by atoms with Gasteiger partial charge in [0.1, 0.15) is 40.6 Å². The molecule has 1 spiro atoms. The number of phenols is 2. The van der Waals surface area contributed by atoms with Gasteiger partial charge in [0, 0.05) is 133 Å². The van der Waals surface area contributed by atoms with Gasteiger partial charge in [-0.25, -0.2) is 0 Å². The fourth-order valence-electron chi connectivity index (χ4n) is 19.7. The third-order valence-corrected chi connectivity index (χ3v) is 23.8. The van der Waals surface area contributed by atoms with Crippen LogP contribution in [0.3, 0.4) is 0 Å². The molecule has 24 nitrogen and oxygen atoms in total. The van der Waals surface area contributed by atoms with Crippen molar-refractivity contribution in [3.63, 3.8) is 0 Å². The second kappa shape index (κ2) is 23.8. The highest BCUT2D eigenvalue weighted by Gasteiger charge is 2.80. The average Bonchev–Trinajstić information content (AvgIpc) is 1.50. The van der Waals surface area contributed by atoms with E-state index in [0.29, 0.717) is 81.1 Å². The van der Waals surface area contributed by atoms with Crippen molar-refractivity contribution < 1.29 is 92.9 Å². The number of aromatic hydroxyl groups is 2. The molecule has 9 aliphatic rings. The Morgan fingerprint density at radius 3 is 2.31 bits per heavy atom. The number of anilines is 1. The highest BCUT2D eigenvalue weighted by molar-refractivity contribution is 6.31. The lowest BCUT2D eigenvalue weighted by atomic mass is 9.47. The molecule has 7 heterocycles. The summed E-state index contributed by atoms with van der Waals surface area (Å²) in [5.41, 5.74) is -7.80. The Kier molecular flexibility index (Phi) is 16.3. The number of hydrogen-bond donors (Lipinski definition) is 9. The molecule has 0 radical (unpaired) electrons. The molecule has 4 fully saturated rings. The van der Waals surface area contributed by atoms with Crippen molar-refractivity contribution in [1.29, 1.82) is 0 Å². The molecule has 516 valence electrons. The number of para-hydroxylation sites is 1. The van der Waals surface area contributed by atoms with Crippen LogP contribution in [0, 0.1) is 11.3 Å². The number of ketones is 4. The number of aliphatic hydroxyl groups excluding tert-OH is 2. The second-order valence-electron chi connectivity index (χ2n) is 28.6. The molecule has 16 atom stereocenters. The number of likely N-dealkylation sites (N-methyl/N-ethyl adjacent to an activating group) is 1. The maximum atomic E-state index is 16.3. The number of rotatable bonds is 15. The number of nitrogens with one attached hydrogen (secondary N) is 2. The number of ether oxygens (including phenoxy) is 6. The van der Waals surface area contributed by atoms with Crippen LogP contribution in [0.4, 0.5) is 5.69 Å². The topological polar surface area (TPSA) is 337 Å². The molecule has 1 saturated carbocycles. The zero-order valence-corrected chi connectivity index (χ0v) is 55.7. The van der Waals surface area contributed by atoms with Gasteiger partial charge >= 0.3 is 11.9 Å². The largest absolute Gasteiger partial charge is 0.507 e. The lowest BCUT2D eigenvalue weighted by Crippen LogP contribution is -2.81. The predicted molar refractivity (Wildman–Crippen MR) is 349 cm³/mol. The molecule has 97 heavy (non-hydrogen) atoms. The van der Waals surface area contributed by atoms with E-state index in [1.54, 1.807) is 14.2 Å². The molecule has 1 aromatic heterocycles. The summed E-state index contributed by atoms with van der Waals surface area (Å²) in [6, 6.07) is 13.4. The minimum Gasteiger partial charge on any atom is -0.507 e. The smallest absolute Gasteiger partial charge is 0.322 e. The van der Waals surface area contributed by atoms with Crippen LogP contribution in [0.5, 0.6) is 23.0 Å². The molecule has 24 heteroatoms. The number of aromatic nitrogens is 1. The van der Waals surface area contributed by atoms with Crippen molar-refractivity contribution in [2.45, 2.75) is 162 Å². The summed E-state index contributed by atoms with van der Waals surface area (Å²) in [7, 11) is 6.02. The van der Waals surface area contributed by atoms with E-state index in [1.165, 1.54) is 46.3 Å². The van der Waals surface area contributed by atoms with Gasteiger partial charge in [-0.2, -0.15) is 0 Å². The number of H-pyrrole nitrogens is 1. The minimum absolute atomic E-state index is 0.0235. The van der Waals surface area contributed by atoms with Crippen LogP contribution in [-0.2, 0) is 61.8 Å². The molecular formula is C73H85N5O19. The van der Waals surface area contributed by atoms with Gasteiger partial charge in [-0.15, -0.1) is 0 Å². The molecule has 9 N–H and O–H groups in total. The summed E-state index contributed by atoms with van der Waals surface area (Å²) in [5.74, 6) is -6.32. The molecule has 4 aromatic carbocycles.